The minimum Gasteiger partial charge on any atom is -0.457 e. The van der Waals surface area contributed by atoms with E-state index >= 15 is 0 Å². The third kappa shape index (κ3) is 4.24. The molecule has 2 nitrogen and oxygen atoms in total. The number of ether oxygens (including phenoxy) is 2. The zero-order valence-electron chi connectivity index (χ0n) is 16.1. The van der Waals surface area contributed by atoms with E-state index in [4.69, 9.17) is 9.47 Å². The fourth-order valence-electron chi connectivity index (χ4n) is 2.98. The molecule has 0 unspecified atom stereocenters. The van der Waals surface area contributed by atoms with Gasteiger partial charge in [-0.15, -0.1) is 0 Å². The molecule has 0 aromatic heterocycles. The lowest BCUT2D eigenvalue weighted by atomic mass is 10.0. The smallest absolute Gasteiger partial charge is 0.135 e. The standard InChI is InChI=1S/C26H22O2/c1-19-8-12-22(13-9-19)27-24-16-17-26(28-23-14-10-20(2)11-15-23)25(18-24)21-6-4-3-5-7-21/h3-18H,1-2H3. The van der Waals surface area contributed by atoms with Crippen LogP contribution >= 0.6 is 0 Å². The zero-order chi connectivity index (χ0) is 19.3. The normalized spacial score (nSPS) is 10.5. The number of hydrogen-bond donors (Lipinski definition) is 0. The van der Waals surface area contributed by atoms with Crippen LogP contribution in [0, 0.1) is 13.8 Å². The van der Waals surface area contributed by atoms with Crippen molar-refractivity contribution in [3.63, 3.8) is 0 Å². The molecular formula is C26H22O2. The highest BCUT2D eigenvalue weighted by Gasteiger charge is 2.10. The van der Waals surface area contributed by atoms with E-state index < -0.39 is 0 Å². The van der Waals surface area contributed by atoms with Gasteiger partial charge in [-0.2, -0.15) is 0 Å². The second-order valence-corrected chi connectivity index (χ2v) is 6.85. The highest BCUT2D eigenvalue weighted by atomic mass is 16.5. The van der Waals surface area contributed by atoms with Crippen molar-refractivity contribution in [2.75, 3.05) is 0 Å². The van der Waals surface area contributed by atoms with Crippen LogP contribution in [0.2, 0.25) is 0 Å². The van der Waals surface area contributed by atoms with Gasteiger partial charge in [0.25, 0.3) is 0 Å². The molecule has 0 radical (unpaired) electrons. The molecule has 0 aliphatic carbocycles. The highest BCUT2D eigenvalue weighted by Crippen LogP contribution is 2.37. The van der Waals surface area contributed by atoms with Gasteiger partial charge in [0, 0.05) is 5.56 Å². The SMILES string of the molecule is Cc1ccc(Oc2ccc(Oc3ccc(C)cc3)c(-c3ccccc3)c2)cc1. The topological polar surface area (TPSA) is 18.5 Å². The summed E-state index contributed by atoms with van der Waals surface area (Å²) < 4.78 is 12.2. The fourth-order valence-corrected chi connectivity index (χ4v) is 2.98. The summed E-state index contributed by atoms with van der Waals surface area (Å²) in [5, 5.41) is 0. The van der Waals surface area contributed by atoms with E-state index in [2.05, 4.69) is 26.0 Å². The van der Waals surface area contributed by atoms with Crippen molar-refractivity contribution in [1.29, 1.82) is 0 Å². The third-order valence-electron chi connectivity index (χ3n) is 4.54. The van der Waals surface area contributed by atoms with Crippen molar-refractivity contribution in [2.45, 2.75) is 13.8 Å². The molecule has 0 amide bonds. The Labute approximate surface area is 166 Å². The Kier molecular flexibility index (Phi) is 5.11. The van der Waals surface area contributed by atoms with Crippen LogP contribution in [0.3, 0.4) is 0 Å². The summed E-state index contributed by atoms with van der Waals surface area (Å²) in [6.45, 7) is 4.13. The van der Waals surface area contributed by atoms with Crippen LogP contribution in [-0.4, -0.2) is 0 Å². The molecule has 4 aromatic rings. The monoisotopic (exact) mass is 366 g/mol. The van der Waals surface area contributed by atoms with Crippen LogP contribution < -0.4 is 9.47 Å². The Hall–Kier alpha value is -3.52. The number of benzene rings is 4. The molecular weight excluding hydrogens is 344 g/mol. The third-order valence-corrected chi connectivity index (χ3v) is 4.54. The van der Waals surface area contributed by atoms with Crippen LogP contribution in [-0.2, 0) is 0 Å². The first kappa shape index (κ1) is 17.9. The second kappa shape index (κ2) is 8.01. The lowest BCUT2D eigenvalue weighted by Gasteiger charge is -2.14. The van der Waals surface area contributed by atoms with Gasteiger partial charge in [-0.25, -0.2) is 0 Å². The lowest BCUT2D eigenvalue weighted by Crippen LogP contribution is -1.91. The molecule has 0 bridgehead atoms. The molecule has 0 N–H and O–H groups in total. The largest absolute Gasteiger partial charge is 0.457 e. The second-order valence-electron chi connectivity index (χ2n) is 6.85. The summed E-state index contributed by atoms with van der Waals surface area (Å²) in [6, 6.07) is 32.3. The van der Waals surface area contributed by atoms with E-state index in [0.717, 1.165) is 34.1 Å². The van der Waals surface area contributed by atoms with Gasteiger partial charge >= 0.3 is 0 Å². The Balaban J connectivity index is 1.69. The van der Waals surface area contributed by atoms with Crippen molar-refractivity contribution in [2.24, 2.45) is 0 Å². The Bertz CT molecular complexity index is 1050. The first-order chi connectivity index (χ1) is 13.7. The van der Waals surface area contributed by atoms with Crippen LogP contribution in [0.25, 0.3) is 11.1 Å². The minimum atomic E-state index is 0.777. The number of rotatable bonds is 5. The molecule has 4 aromatic carbocycles. The summed E-state index contributed by atoms with van der Waals surface area (Å²) in [5.41, 5.74) is 4.49. The van der Waals surface area contributed by atoms with Crippen LogP contribution in [0.1, 0.15) is 11.1 Å². The first-order valence-electron chi connectivity index (χ1n) is 9.36. The average molecular weight is 366 g/mol. The predicted molar refractivity (Wildman–Crippen MR) is 114 cm³/mol. The summed E-state index contributed by atoms with van der Waals surface area (Å²) in [7, 11) is 0. The van der Waals surface area contributed by atoms with E-state index in [-0.39, 0.29) is 0 Å². The molecule has 0 spiro atoms. The molecule has 0 saturated heterocycles. The summed E-state index contributed by atoms with van der Waals surface area (Å²) in [6.07, 6.45) is 0. The van der Waals surface area contributed by atoms with E-state index in [1.54, 1.807) is 0 Å². The molecule has 28 heavy (non-hydrogen) atoms. The van der Waals surface area contributed by atoms with Gasteiger partial charge in [-0.1, -0.05) is 65.7 Å². The number of hydrogen-bond acceptors (Lipinski definition) is 2. The highest BCUT2D eigenvalue weighted by molar-refractivity contribution is 5.72. The van der Waals surface area contributed by atoms with E-state index in [9.17, 15) is 0 Å². The van der Waals surface area contributed by atoms with Crippen LogP contribution in [0.4, 0.5) is 0 Å². The maximum Gasteiger partial charge on any atom is 0.135 e. The van der Waals surface area contributed by atoms with Gasteiger partial charge in [0.1, 0.15) is 23.0 Å². The van der Waals surface area contributed by atoms with Crippen molar-refractivity contribution < 1.29 is 9.47 Å². The maximum absolute atomic E-state index is 6.18. The zero-order valence-corrected chi connectivity index (χ0v) is 16.1. The molecule has 0 heterocycles. The quantitative estimate of drug-likeness (QED) is 0.363. The van der Waals surface area contributed by atoms with Crippen molar-refractivity contribution in [3.05, 3.63) is 108 Å². The fraction of sp³-hybridized carbons (Fsp3) is 0.0769. The molecule has 0 fully saturated rings. The van der Waals surface area contributed by atoms with Gasteiger partial charge in [-0.3, -0.25) is 0 Å². The first-order valence-corrected chi connectivity index (χ1v) is 9.36. The van der Waals surface area contributed by atoms with Crippen molar-refractivity contribution >= 4 is 0 Å². The van der Waals surface area contributed by atoms with Gasteiger partial charge in [-0.05, 0) is 61.9 Å². The molecule has 0 saturated carbocycles. The Morgan fingerprint density at radius 3 is 1.64 bits per heavy atom. The molecule has 138 valence electrons. The molecule has 2 heteroatoms. The van der Waals surface area contributed by atoms with Gasteiger partial charge in [0.2, 0.25) is 0 Å². The maximum atomic E-state index is 6.18. The van der Waals surface area contributed by atoms with Crippen LogP contribution in [0.15, 0.2) is 97.1 Å². The van der Waals surface area contributed by atoms with E-state index in [0.29, 0.717) is 0 Å². The molecule has 0 aliphatic rings. The van der Waals surface area contributed by atoms with Crippen molar-refractivity contribution in [1.82, 2.24) is 0 Å². The van der Waals surface area contributed by atoms with Crippen molar-refractivity contribution in [3.8, 4) is 34.1 Å². The minimum absolute atomic E-state index is 0.777. The number of aryl methyl sites for hydroxylation is 2. The van der Waals surface area contributed by atoms with E-state index in [1.807, 2.05) is 84.9 Å². The molecule has 0 atom stereocenters. The predicted octanol–water partition coefficient (Wildman–Crippen LogP) is 7.56. The molecule has 4 rings (SSSR count). The molecule has 0 aliphatic heterocycles. The van der Waals surface area contributed by atoms with Crippen LogP contribution in [0.5, 0.6) is 23.0 Å². The van der Waals surface area contributed by atoms with Gasteiger partial charge in [0.05, 0.1) is 0 Å². The summed E-state index contributed by atoms with van der Waals surface area (Å²) in [4.78, 5) is 0. The Morgan fingerprint density at radius 2 is 1.04 bits per heavy atom. The van der Waals surface area contributed by atoms with Gasteiger partial charge in [0.15, 0.2) is 0 Å². The Morgan fingerprint density at radius 1 is 0.500 bits per heavy atom. The summed E-state index contributed by atoms with van der Waals surface area (Å²) >= 11 is 0. The summed E-state index contributed by atoms with van der Waals surface area (Å²) in [5.74, 6) is 3.21. The van der Waals surface area contributed by atoms with Gasteiger partial charge < -0.3 is 9.47 Å². The van der Waals surface area contributed by atoms with E-state index in [1.165, 1.54) is 11.1 Å². The average Bonchev–Trinajstić information content (AvgIpc) is 2.73. The lowest BCUT2D eigenvalue weighted by molar-refractivity contribution is 0.471.